The molecule has 4 aliphatic carbocycles. The molecule has 0 saturated heterocycles. The highest BCUT2D eigenvalue weighted by Crippen LogP contribution is 2.53. The molecule has 2 aromatic rings. The SMILES string of the molecule is CN(C)[C@H]1C(O)=C(C(N)=O)C(=O)[C@]2(O)C(O)=C3C(=O)c4c(O)ccc(-c5ccc(CNC6CC6)o5)c4C[C@@H]3C[C@H]12. The largest absolute Gasteiger partial charge is 0.510 e. The van der Waals surface area contributed by atoms with Gasteiger partial charge in [-0.2, -0.15) is 0 Å². The lowest BCUT2D eigenvalue weighted by molar-refractivity contribution is -0.148. The molecule has 0 radical (unpaired) electrons. The van der Waals surface area contributed by atoms with Gasteiger partial charge in [-0.05, 0) is 75.5 Å². The summed E-state index contributed by atoms with van der Waals surface area (Å²) in [4.78, 5) is 40.9. The van der Waals surface area contributed by atoms with Crippen LogP contribution in [0, 0.1) is 11.8 Å². The first-order chi connectivity index (χ1) is 18.9. The fourth-order valence-corrected chi connectivity index (χ4v) is 6.63. The first kappa shape index (κ1) is 26.3. The van der Waals surface area contributed by atoms with Gasteiger partial charge in [-0.3, -0.25) is 19.3 Å². The number of Topliss-reactive ketones (excluding diaryl/α,β-unsaturated/α-hetero) is 2. The van der Waals surface area contributed by atoms with Crippen molar-refractivity contribution >= 4 is 17.5 Å². The summed E-state index contributed by atoms with van der Waals surface area (Å²) in [6.07, 6.45) is 2.49. The highest BCUT2D eigenvalue weighted by molar-refractivity contribution is 6.24. The third-order valence-corrected chi connectivity index (χ3v) is 8.68. The van der Waals surface area contributed by atoms with Gasteiger partial charge in [-0.25, -0.2) is 0 Å². The van der Waals surface area contributed by atoms with E-state index in [9.17, 15) is 34.8 Å². The van der Waals surface area contributed by atoms with E-state index in [0.29, 0.717) is 29.5 Å². The zero-order valence-electron chi connectivity index (χ0n) is 22.1. The van der Waals surface area contributed by atoms with Crippen molar-refractivity contribution in [2.45, 2.75) is 49.9 Å². The van der Waals surface area contributed by atoms with Crippen molar-refractivity contribution in [3.05, 3.63) is 63.8 Å². The Morgan fingerprint density at radius 1 is 1.15 bits per heavy atom. The van der Waals surface area contributed by atoms with Gasteiger partial charge in [0.15, 0.2) is 11.4 Å². The number of furan rings is 1. The molecule has 1 fully saturated rings. The van der Waals surface area contributed by atoms with E-state index >= 15 is 0 Å². The molecule has 0 spiro atoms. The number of likely N-dealkylation sites (N-methyl/N-ethyl adjacent to an activating group) is 1. The number of allylic oxidation sites excluding steroid dienone is 1. The third kappa shape index (κ3) is 3.72. The molecule has 7 N–H and O–H groups in total. The van der Waals surface area contributed by atoms with Gasteiger partial charge < -0.3 is 35.9 Å². The van der Waals surface area contributed by atoms with Crippen molar-refractivity contribution in [3.8, 4) is 17.1 Å². The normalized spacial score (nSPS) is 28.1. The molecule has 11 heteroatoms. The second-order valence-electron chi connectivity index (χ2n) is 11.4. The molecule has 1 amide bonds. The zero-order chi connectivity index (χ0) is 28.7. The van der Waals surface area contributed by atoms with E-state index in [1.165, 1.54) is 11.0 Å². The fourth-order valence-electron chi connectivity index (χ4n) is 6.63. The van der Waals surface area contributed by atoms with Crippen molar-refractivity contribution in [2.75, 3.05) is 14.1 Å². The van der Waals surface area contributed by atoms with Crippen LogP contribution in [0.2, 0.25) is 0 Å². The Balaban J connectivity index is 1.46. The summed E-state index contributed by atoms with van der Waals surface area (Å²) >= 11 is 0. The van der Waals surface area contributed by atoms with E-state index in [4.69, 9.17) is 10.2 Å². The minimum atomic E-state index is -2.66. The van der Waals surface area contributed by atoms with E-state index in [1.807, 2.05) is 6.07 Å². The van der Waals surface area contributed by atoms with Crippen LogP contribution in [0.4, 0.5) is 0 Å². The lowest BCUT2D eigenvalue weighted by atomic mass is 9.58. The van der Waals surface area contributed by atoms with Gasteiger partial charge in [0.25, 0.3) is 5.91 Å². The third-order valence-electron chi connectivity index (χ3n) is 8.68. The van der Waals surface area contributed by atoms with Gasteiger partial charge in [0.05, 0.1) is 18.2 Å². The summed E-state index contributed by atoms with van der Waals surface area (Å²) in [5, 5.41) is 48.1. The number of nitrogens with two attached hydrogens (primary N) is 1. The van der Waals surface area contributed by atoms with Crippen LogP contribution < -0.4 is 11.1 Å². The first-order valence-corrected chi connectivity index (χ1v) is 13.3. The lowest BCUT2D eigenvalue weighted by Crippen LogP contribution is -2.63. The Kier molecular flexibility index (Phi) is 5.95. The molecule has 1 aromatic heterocycles. The Bertz CT molecular complexity index is 1530. The number of benzene rings is 1. The number of aromatic hydroxyl groups is 1. The van der Waals surface area contributed by atoms with Crippen molar-refractivity contribution in [3.63, 3.8) is 0 Å². The maximum Gasteiger partial charge on any atom is 0.255 e. The zero-order valence-corrected chi connectivity index (χ0v) is 22.1. The number of phenols is 1. The molecule has 11 nitrogen and oxygen atoms in total. The number of amides is 1. The van der Waals surface area contributed by atoms with Crippen LogP contribution in [0.3, 0.4) is 0 Å². The molecule has 4 aliphatic rings. The standard InChI is InChI=1S/C29H31N3O8/c1-32(2)23-17-10-12-9-16-15(19-8-5-14(40-19)11-31-13-3-4-13)6-7-18(33)21(16)24(34)20(12)26(36)29(17,39)27(37)22(25(23)35)28(30)38/h5-8,12-13,17,23,31,33,35-36,39H,3-4,9-11H2,1-2H3,(H2,30,38)/t12-,17-,23-,29-/m1/s1. The van der Waals surface area contributed by atoms with Gasteiger partial charge >= 0.3 is 0 Å². The number of hydrogen-bond acceptors (Lipinski definition) is 10. The summed E-state index contributed by atoms with van der Waals surface area (Å²) in [7, 11) is 3.19. The number of primary amides is 1. The number of nitrogens with one attached hydrogen (secondary N) is 1. The molecule has 0 unspecified atom stereocenters. The maximum atomic E-state index is 13.9. The second-order valence-corrected chi connectivity index (χ2v) is 11.4. The number of hydrogen-bond donors (Lipinski definition) is 6. The molecule has 1 aromatic carbocycles. The van der Waals surface area contributed by atoms with Gasteiger partial charge in [0, 0.05) is 23.1 Å². The van der Waals surface area contributed by atoms with Crippen molar-refractivity contribution in [1.29, 1.82) is 0 Å². The Labute approximate surface area is 229 Å². The minimum Gasteiger partial charge on any atom is -0.510 e. The monoisotopic (exact) mass is 549 g/mol. The quantitative estimate of drug-likeness (QED) is 0.289. The molecule has 4 atom stereocenters. The van der Waals surface area contributed by atoms with E-state index in [2.05, 4.69) is 5.32 Å². The van der Waals surface area contributed by atoms with Crippen LogP contribution in [0.1, 0.15) is 40.9 Å². The topological polar surface area (TPSA) is 187 Å². The lowest BCUT2D eigenvalue weighted by Gasteiger charge is -2.50. The Morgan fingerprint density at radius 2 is 1.88 bits per heavy atom. The van der Waals surface area contributed by atoms with Crippen LogP contribution in [0.5, 0.6) is 5.75 Å². The van der Waals surface area contributed by atoms with Gasteiger partial charge in [0.1, 0.15) is 34.4 Å². The number of carbonyl (C=O) groups excluding carboxylic acids is 3. The predicted molar refractivity (Wildman–Crippen MR) is 141 cm³/mol. The molecule has 0 aliphatic heterocycles. The molecular weight excluding hydrogens is 518 g/mol. The molecule has 0 bridgehead atoms. The number of aliphatic hydroxyl groups is 3. The van der Waals surface area contributed by atoms with Gasteiger partial charge in [0.2, 0.25) is 5.78 Å². The maximum absolute atomic E-state index is 13.9. The summed E-state index contributed by atoms with van der Waals surface area (Å²) < 4.78 is 6.07. The molecule has 210 valence electrons. The second kappa shape index (κ2) is 9.05. The smallest absolute Gasteiger partial charge is 0.255 e. The first-order valence-electron chi connectivity index (χ1n) is 13.3. The van der Waals surface area contributed by atoms with Crippen LogP contribution in [-0.2, 0) is 22.6 Å². The van der Waals surface area contributed by atoms with Crippen LogP contribution in [0.15, 0.2) is 51.3 Å². The van der Waals surface area contributed by atoms with Crippen LogP contribution in [-0.4, -0.2) is 74.6 Å². The number of rotatable bonds is 6. The highest BCUT2D eigenvalue weighted by atomic mass is 16.4. The number of aliphatic hydroxyl groups excluding tert-OH is 2. The number of carbonyl (C=O) groups is 3. The van der Waals surface area contributed by atoms with Crippen LogP contribution >= 0.6 is 0 Å². The predicted octanol–water partition coefficient (Wildman–Crippen LogP) is 1.63. The van der Waals surface area contributed by atoms with Crippen molar-refractivity contribution in [1.82, 2.24) is 10.2 Å². The van der Waals surface area contributed by atoms with Gasteiger partial charge in [-0.15, -0.1) is 0 Å². The molecule has 1 heterocycles. The number of phenolic OH excluding ortho intramolecular Hbond substituents is 1. The summed E-state index contributed by atoms with van der Waals surface area (Å²) in [5.74, 6) is -5.53. The number of ketones is 2. The van der Waals surface area contributed by atoms with Crippen molar-refractivity contribution in [2.24, 2.45) is 17.6 Å². The summed E-state index contributed by atoms with van der Waals surface area (Å²) in [6, 6.07) is 6.16. The number of nitrogens with zero attached hydrogens (tertiary/aromatic N) is 1. The molecule has 40 heavy (non-hydrogen) atoms. The molecule has 6 rings (SSSR count). The molecular formula is C29H31N3O8. The summed E-state index contributed by atoms with van der Waals surface area (Å²) in [6.45, 7) is 0.567. The Morgan fingerprint density at radius 3 is 2.52 bits per heavy atom. The average Bonchev–Trinajstić information content (AvgIpc) is 3.60. The average molecular weight is 550 g/mol. The van der Waals surface area contributed by atoms with Crippen molar-refractivity contribution < 1.29 is 39.2 Å². The van der Waals surface area contributed by atoms with Crippen LogP contribution in [0.25, 0.3) is 11.3 Å². The van der Waals surface area contributed by atoms with Gasteiger partial charge in [-0.1, -0.05) is 0 Å². The van der Waals surface area contributed by atoms with E-state index in [-0.39, 0.29) is 29.7 Å². The number of fused-ring (bicyclic) bond motifs is 3. The van der Waals surface area contributed by atoms with E-state index in [0.717, 1.165) is 18.6 Å². The highest BCUT2D eigenvalue weighted by Gasteiger charge is 2.63. The Hall–Kier alpha value is -3.93. The summed E-state index contributed by atoms with van der Waals surface area (Å²) in [5.41, 5.74) is 2.77. The minimum absolute atomic E-state index is 0.0234. The fraction of sp³-hybridized carbons (Fsp3) is 0.414. The van der Waals surface area contributed by atoms with E-state index in [1.54, 1.807) is 26.2 Å². The molecule has 1 saturated carbocycles. The van der Waals surface area contributed by atoms with E-state index < -0.39 is 58.0 Å².